The summed E-state index contributed by atoms with van der Waals surface area (Å²) < 4.78 is 0. The standard InChI is InChI=1S/C18H27N5S.HI/c1-14-22-17(13-24-14)8-9-20-18(19-2)21-11-15-6-5-7-16(10-15)12-23(3)4;/h5-7,10,13H,8-9,11-12H2,1-4H3,(H2,19,20,21);1H. The summed E-state index contributed by atoms with van der Waals surface area (Å²) in [6, 6.07) is 8.64. The number of guanidine groups is 1. The van der Waals surface area contributed by atoms with Gasteiger partial charge in [0.1, 0.15) is 0 Å². The normalized spacial score (nSPS) is 11.3. The van der Waals surface area contributed by atoms with Gasteiger partial charge in [0.25, 0.3) is 0 Å². The average molecular weight is 473 g/mol. The van der Waals surface area contributed by atoms with Crippen molar-refractivity contribution in [1.82, 2.24) is 20.5 Å². The second-order valence-corrected chi connectivity index (χ2v) is 7.08. The fourth-order valence-electron chi connectivity index (χ4n) is 2.44. The number of nitrogens with zero attached hydrogens (tertiary/aromatic N) is 3. The van der Waals surface area contributed by atoms with Crippen LogP contribution in [0, 0.1) is 6.92 Å². The zero-order valence-electron chi connectivity index (χ0n) is 15.4. The molecule has 0 aliphatic carbocycles. The summed E-state index contributed by atoms with van der Waals surface area (Å²) in [5.41, 5.74) is 3.71. The summed E-state index contributed by atoms with van der Waals surface area (Å²) in [5.74, 6) is 0.819. The number of hydrogen-bond donors (Lipinski definition) is 2. The summed E-state index contributed by atoms with van der Waals surface area (Å²) in [6.45, 7) is 4.57. The van der Waals surface area contributed by atoms with Crippen molar-refractivity contribution in [3.63, 3.8) is 0 Å². The van der Waals surface area contributed by atoms with Crippen LogP contribution in [0.5, 0.6) is 0 Å². The Kier molecular flexibility index (Phi) is 9.99. The second-order valence-electron chi connectivity index (χ2n) is 6.02. The van der Waals surface area contributed by atoms with Crippen molar-refractivity contribution in [3.8, 4) is 0 Å². The van der Waals surface area contributed by atoms with E-state index in [-0.39, 0.29) is 24.0 Å². The third-order valence-electron chi connectivity index (χ3n) is 3.51. The summed E-state index contributed by atoms with van der Waals surface area (Å²) in [6.07, 6.45) is 0.906. The molecular weight excluding hydrogens is 445 g/mol. The molecule has 0 fully saturated rings. The lowest BCUT2D eigenvalue weighted by molar-refractivity contribution is 0.402. The van der Waals surface area contributed by atoms with Crippen LogP contribution >= 0.6 is 35.3 Å². The van der Waals surface area contributed by atoms with Crippen LogP contribution in [0.3, 0.4) is 0 Å². The number of thiazole rings is 1. The van der Waals surface area contributed by atoms with E-state index in [0.717, 1.165) is 42.7 Å². The number of benzene rings is 1. The van der Waals surface area contributed by atoms with Gasteiger partial charge in [0, 0.05) is 38.5 Å². The maximum atomic E-state index is 4.47. The highest BCUT2D eigenvalue weighted by molar-refractivity contribution is 14.0. The summed E-state index contributed by atoms with van der Waals surface area (Å²) >= 11 is 1.69. The van der Waals surface area contributed by atoms with Crippen LogP contribution in [0.15, 0.2) is 34.6 Å². The largest absolute Gasteiger partial charge is 0.356 e. The lowest BCUT2D eigenvalue weighted by Gasteiger charge is -2.13. The Labute approximate surface area is 172 Å². The molecule has 7 heteroatoms. The van der Waals surface area contributed by atoms with E-state index in [2.05, 4.69) is 69.3 Å². The quantitative estimate of drug-likeness (QED) is 0.369. The number of aliphatic imine (C=N–C) groups is 1. The van der Waals surface area contributed by atoms with Gasteiger partial charge in [0.15, 0.2) is 5.96 Å². The van der Waals surface area contributed by atoms with E-state index in [1.807, 2.05) is 6.92 Å². The number of halogens is 1. The van der Waals surface area contributed by atoms with E-state index in [0.29, 0.717) is 0 Å². The molecule has 0 aliphatic heterocycles. The molecule has 0 radical (unpaired) electrons. The third-order valence-corrected chi connectivity index (χ3v) is 4.34. The SMILES string of the molecule is CN=C(NCCc1csc(C)n1)NCc1cccc(CN(C)C)c1.I. The molecule has 0 bridgehead atoms. The number of aryl methyl sites for hydroxylation is 1. The minimum atomic E-state index is 0. The van der Waals surface area contributed by atoms with Gasteiger partial charge in [-0.3, -0.25) is 4.99 Å². The van der Waals surface area contributed by atoms with Crippen LogP contribution < -0.4 is 10.6 Å². The lowest BCUT2D eigenvalue weighted by Crippen LogP contribution is -2.37. The predicted octanol–water partition coefficient (Wildman–Crippen LogP) is 3.04. The Morgan fingerprint density at radius 3 is 2.64 bits per heavy atom. The molecule has 0 spiro atoms. The third kappa shape index (κ3) is 8.15. The van der Waals surface area contributed by atoms with Crippen LogP contribution in [0.2, 0.25) is 0 Å². The molecule has 2 N–H and O–H groups in total. The van der Waals surface area contributed by atoms with Crippen molar-refractivity contribution in [2.45, 2.75) is 26.4 Å². The predicted molar refractivity (Wildman–Crippen MR) is 118 cm³/mol. The zero-order chi connectivity index (χ0) is 17.4. The van der Waals surface area contributed by atoms with E-state index in [1.54, 1.807) is 18.4 Å². The molecule has 1 aromatic heterocycles. The first-order chi connectivity index (χ1) is 11.6. The van der Waals surface area contributed by atoms with Crippen molar-refractivity contribution in [2.75, 3.05) is 27.7 Å². The van der Waals surface area contributed by atoms with Crippen molar-refractivity contribution < 1.29 is 0 Å². The first-order valence-corrected chi connectivity index (χ1v) is 9.03. The molecular formula is C18H28IN5S. The van der Waals surface area contributed by atoms with Crippen LogP contribution in [-0.2, 0) is 19.5 Å². The summed E-state index contributed by atoms with van der Waals surface area (Å²) in [5, 5.41) is 9.94. The minimum absolute atomic E-state index is 0. The lowest BCUT2D eigenvalue weighted by atomic mass is 10.1. The maximum Gasteiger partial charge on any atom is 0.191 e. The van der Waals surface area contributed by atoms with Gasteiger partial charge in [0.05, 0.1) is 10.7 Å². The molecule has 0 saturated heterocycles. The van der Waals surface area contributed by atoms with Gasteiger partial charge in [-0.1, -0.05) is 24.3 Å². The fraction of sp³-hybridized carbons (Fsp3) is 0.444. The molecule has 0 aliphatic rings. The summed E-state index contributed by atoms with van der Waals surface area (Å²) in [4.78, 5) is 10.9. The first kappa shape index (κ1) is 21.9. The van der Waals surface area contributed by atoms with Crippen molar-refractivity contribution in [2.24, 2.45) is 4.99 Å². The molecule has 5 nitrogen and oxygen atoms in total. The van der Waals surface area contributed by atoms with Gasteiger partial charge in [-0.05, 0) is 32.1 Å². The molecule has 1 heterocycles. The Hall–Kier alpha value is -1.19. The van der Waals surface area contributed by atoms with Crippen LogP contribution in [0.4, 0.5) is 0 Å². The maximum absolute atomic E-state index is 4.47. The highest BCUT2D eigenvalue weighted by Gasteiger charge is 2.02. The smallest absolute Gasteiger partial charge is 0.191 e. The van der Waals surface area contributed by atoms with Crippen molar-refractivity contribution in [3.05, 3.63) is 51.5 Å². The Morgan fingerprint density at radius 2 is 2.00 bits per heavy atom. The monoisotopic (exact) mass is 473 g/mol. The highest BCUT2D eigenvalue weighted by atomic mass is 127. The number of hydrogen-bond acceptors (Lipinski definition) is 4. The van der Waals surface area contributed by atoms with Gasteiger partial charge in [0.2, 0.25) is 0 Å². The van der Waals surface area contributed by atoms with Gasteiger partial charge in [-0.25, -0.2) is 4.98 Å². The van der Waals surface area contributed by atoms with E-state index in [1.165, 1.54) is 11.1 Å². The molecule has 0 amide bonds. The van der Waals surface area contributed by atoms with Crippen LogP contribution in [0.25, 0.3) is 0 Å². The van der Waals surface area contributed by atoms with Gasteiger partial charge in [-0.2, -0.15) is 0 Å². The molecule has 2 aromatic rings. The molecule has 0 atom stereocenters. The van der Waals surface area contributed by atoms with Crippen LogP contribution in [0.1, 0.15) is 21.8 Å². The highest BCUT2D eigenvalue weighted by Crippen LogP contribution is 2.08. The van der Waals surface area contributed by atoms with Crippen molar-refractivity contribution in [1.29, 1.82) is 0 Å². The Balaban J connectivity index is 0.00000312. The number of rotatable bonds is 7. The Bertz CT molecular complexity index is 669. The second kappa shape index (κ2) is 11.4. The average Bonchev–Trinajstić information content (AvgIpc) is 2.96. The summed E-state index contributed by atoms with van der Waals surface area (Å²) in [7, 11) is 5.96. The van der Waals surface area contributed by atoms with Gasteiger partial charge in [-0.15, -0.1) is 35.3 Å². The molecule has 0 saturated carbocycles. The first-order valence-electron chi connectivity index (χ1n) is 8.15. The molecule has 25 heavy (non-hydrogen) atoms. The van der Waals surface area contributed by atoms with Gasteiger partial charge >= 0.3 is 0 Å². The molecule has 138 valence electrons. The molecule has 0 unspecified atom stereocenters. The molecule has 2 rings (SSSR count). The number of nitrogens with one attached hydrogen (secondary N) is 2. The fourth-order valence-corrected chi connectivity index (χ4v) is 3.09. The van der Waals surface area contributed by atoms with E-state index < -0.39 is 0 Å². The van der Waals surface area contributed by atoms with Crippen molar-refractivity contribution >= 4 is 41.3 Å². The van der Waals surface area contributed by atoms with Crippen LogP contribution in [-0.4, -0.2) is 43.5 Å². The van der Waals surface area contributed by atoms with E-state index in [9.17, 15) is 0 Å². The van der Waals surface area contributed by atoms with E-state index >= 15 is 0 Å². The van der Waals surface area contributed by atoms with E-state index in [4.69, 9.17) is 0 Å². The zero-order valence-corrected chi connectivity index (χ0v) is 18.5. The topological polar surface area (TPSA) is 52.6 Å². The molecule has 1 aromatic carbocycles. The Morgan fingerprint density at radius 1 is 1.24 bits per heavy atom. The number of aromatic nitrogens is 1. The minimum Gasteiger partial charge on any atom is -0.356 e. The van der Waals surface area contributed by atoms with Gasteiger partial charge < -0.3 is 15.5 Å².